The largest absolute Gasteiger partial charge is 1.00 e. The lowest BCUT2D eigenvalue weighted by atomic mass is 10.2. The molecule has 0 amide bonds. The highest BCUT2D eigenvalue weighted by atomic mass is 35.5. The summed E-state index contributed by atoms with van der Waals surface area (Å²) in [6, 6.07) is 4.19. The van der Waals surface area contributed by atoms with Gasteiger partial charge in [0.05, 0.1) is 11.5 Å². The molecule has 0 aliphatic rings. The number of hydrogen-bond donors (Lipinski definition) is 0. The minimum absolute atomic E-state index is 0. The Bertz CT molecular complexity index is 374. The van der Waals surface area contributed by atoms with Crippen LogP contribution in [-0.2, 0) is 0 Å². The second-order valence-corrected chi connectivity index (χ2v) is 2.34. The summed E-state index contributed by atoms with van der Waals surface area (Å²) >= 11 is 0. The Morgan fingerprint density at radius 1 is 1.43 bits per heavy atom. The van der Waals surface area contributed by atoms with Gasteiger partial charge in [-0.1, -0.05) is 0 Å². The average molecular weight is 233 g/mol. The fourth-order valence-corrected chi connectivity index (χ4v) is 0.879. The lowest BCUT2D eigenvalue weighted by Gasteiger charge is -1.95. The molecular weight excluding hydrogens is 227 g/mol. The van der Waals surface area contributed by atoms with Crippen LogP contribution in [0.5, 0.6) is 0 Å². The molecule has 0 atom stereocenters. The van der Waals surface area contributed by atoms with Crippen LogP contribution in [0.3, 0.4) is 0 Å². The van der Waals surface area contributed by atoms with Crippen molar-refractivity contribution in [2.75, 3.05) is 0 Å². The van der Waals surface area contributed by atoms with Crippen LogP contribution in [0.2, 0.25) is 0 Å². The lowest BCUT2D eigenvalue weighted by molar-refractivity contribution is -0.384. The van der Waals surface area contributed by atoms with Crippen molar-refractivity contribution in [2.45, 2.75) is 6.92 Å². The second kappa shape index (κ2) is 6.19. The highest BCUT2D eigenvalue weighted by molar-refractivity contribution is 5.55. The number of nitro groups is 1. The van der Waals surface area contributed by atoms with Gasteiger partial charge >= 0.3 is 0 Å². The van der Waals surface area contributed by atoms with Crippen LogP contribution in [0.4, 0.5) is 11.4 Å². The molecule has 4 nitrogen and oxygen atoms in total. The maximum absolute atomic E-state index is 10.3. The Kier molecular flexibility index (Phi) is 6.71. The molecule has 1 aromatic carbocycles. The van der Waals surface area contributed by atoms with E-state index in [9.17, 15) is 10.1 Å². The van der Waals surface area contributed by atoms with Gasteiger partial charge in [-0.15, -0.1) is 0 Å². The number of nitrogens with zero attached hydrogens (tertiary/aromatic N) is 2. The number of rotatable bonds is 1. The van der Waals surface area contributed by atoms with Gasteiger partial charge in [-0.25, -0.2) is 4.85 Å². The van der Waals surface area contributed by atoms with Gasteiger partial charge in [0.2, 0.25) is 0 Å². The number of hydrogen-bond acceptors (Lipinski definition) is 2. The Morgan fingerprint density at radius 2 is 2.00 bits per heavy atom. The highest BCUT2D eigenvalue weighted by Crippen LogP contribution is 2.23. The Balaban J connectivity index is 0. The van der Waals surface area contributed by atoms with E-state index >= 15 is 0 Å². The van der Waals surface area contributed by atoms with E-state index in [2.05, 4.69) is 4.85 Å². The van der Waals surface area contributed by atoms with Crippen LogP contribution < -0.4 is 24.8 Å². The van der Waals surface area contributed by atoms with Gasteiger partial charge in [-0.3, -0.25) is 10.1 Å². The van der Waals surface area contributed by atoms with E-state index in [1.165, 1.54) is 18.2 Å². The summed E-state index contributed by atoms with van der Waals surface area (Å²) in [4.78, 5) is 13.0. The fourth-order valence-electron chi connectivity index (χ4n) is 0.879. The maximum atomic E-state index is 10.3. The molecule has 0 saturated carbocycles. The van der Waals surface area contributed by atoms with Gasteiger partial charge in [0.25, 0.3) is 5.69 Å². The van der Waals surface area contributed by atoms with Gasteiger partial charge < -0.3 is 24.8 Å². The molecule has 0 radical (unpaired) electrons. The van der Waals surface area contributed by atoms with Gasteiger partial charge in [0.15, 0.2) is 5.69 Å². The van der Waals surface area contributed by atoms with Crippen molar-refractivity contribution < 1.29 is 29.7 Å². The van der Waals surface area contributed by atoms with Crippen LogP contribution in [0, 0.1) is 23.6 Å². The first-order chi connectivity index (χ1) is 5.65. The summed E-state index contributed by atoms with van der Waals surface area (Å²) in [5.41, 5.74) is 1.12. The number of non-ortho nitro benzene ring substituents is 1. The van der Waals surface area contributed by atoms with Crippen molar-refractivity contribution in [1.82, 2.24) is 0 Å². The molecule has 0 unspecified atom stereocenters. The van der Waals surface area contributed by atoms with E-state index in [4.69, 9.17) is 6.57 Å². The van der Waals surface area contributed by atoms with Gasteiger partial charge in [-0.2, -0.15) is 0 Å². The molecular formula is C8H6Cl2N2O2-2. The second-order valence-electron chi connectivity index (χ2n) is 2.34. The van der Waals surface area contributed by atoms with Crippen LogP contribution in [0.1, 0.15) is 5.56 Å². The third kappa shape index (κ3) is 3.21. The van der Waals surface area contributed by atoms with Crippen molar-refractivity contribution in [2.24, 2.45) is 0 Å². The van der Waals surface area contributed by atoms with Crippen molar-refractivity contribution >= 4 is 11.4 Å². The topological polar surface area (TPSA) is 47.5 Å². The van der Waals surface area contributed by atoms with Crippen LogP contribution in [-0.4, -0.2) is 4.92 Å². The molecule has 0 spiro atoms. The number of benzene rings is 1. The summed E-state index contributed by atoms with van der Waals surface area (Å²) in [6.45, 7) is 8.40. The lowest BCUT2D eigenvalue weighted by Crippen LogP contribution is -3.00. The SMILES string of the molecule is [C-]#[N+]c1ccc([N+](=O)[O-])cc1C.[Cl-].[Cl-]. The Morgan fingerprint density at radius 3 is 2.36 bits per heavy atom. The first kappa shape index (κ1) is 15.2. The minimum Gasteiger partial charge on any atom is -1.00 e. The summed E-state index contributed by atoms with van der Waals surface area (Å²) in [5.74, 6) is 0. The van der Waals surface area contributed by atoms with E-state index in [-0.39, 0.29) is 30.5 Å². The zero-order valence-electron chi connectivity index (χ0n) is 7.20. The normalized spacial score (nSPS) is 7.71. The average Bonchev–Trinajstić information content (AvgIpc) is 2.04. The Hall–Kier alpha value is -1.31. The van der Waals surface area contributed by atoms with Gasteiger partial charge in [0.1, 0.15) is 0 Å². The summed E-state index contributed by atoms with van der Waals surface area (Å²) in [5, 5.41) is 10.3. The first-order valence-corrected chi connectivity index (χ1v) is 3.27. The molecule has 0 bridgehead atoms. The molecule has 0 saturated heterocycles. The third-order valence-corrected chi connectivity index (χ3v) is 1.51. The van der Waals surface area contributed by atoms with Crippen molar-refractivity contribution in [3.8, 4) is 0 Å². The molecule has 1 rings (SSSR count). The van der Waals surface area contributed by atoms with Gasteiger partial charge in [0, 0.05) is 12.1 Å². The molecule has 14 heavy (non-hydrogen) atoms. The van der Waals surface area contributed by atoms with Crippen molar-refractivity contribution in [3.63, 3.8) is 0 Å². The first-order valence-electron chi connectivity index (χ1n) is 3.27. The predicted molar refractivity (Wildman–Crippen MR) is 44.1 cm³/mol. The molecule has 6 heteroatoms. The van der Waals surface area contributed by atoms with Crippen molar-refractivity contribution in [3.05, 3.63) is 45.3 Å². The smallest absolute Gasteiger partial charge is 0.267 e. The highest BCUT2D eigenvalue weighted by Gasteiger charge is 2.06. The molecule has 0 aliphatic heterocycles. The molecule has 1 aromatic rings. The summed E-state index contributed by atoms with van der Waals surface area (Å²) in [6.07, 6.45) is 0. The van der Waals surface area contributed by atoms with Gasteiger partial charge in [-0.05, 0) is 18.6 Å². The van der Waals surface area contributed by atoms with E-state index in [0.29, 0.717) is 11.3 Å². The van der Waals surface area contributed by atoms with E-state index in [1.807, 2.05) is 0 Å². The number of nitro benzene ring substituents is 1. The zero-order valence-corrected chi connectivity index (χ0v) is 8.71. The molecule has 0 N–H and O–H groups in total. The standard InChI is InChI=1S/C8H6N2O2.2ClH/c1-6-5-7(10(11)12)3-4-8(6)9-2;;/h3-5H,1H3;2*1H/p-2. The zero-order chi connectivity index (χ0) is 9.14. The van der Waals surface area contributed by atoms with E-state index in [0.717, 1.165) is 0 Å². The number of halogens is 2. The van der Waals surface area contributed by atoms with Crippen LogP contribution >= 0.6 is 0 Å². The van der Waals surface area contributed by atoms with Crippen molar-refractivity contribution in [1.29, 1.82) is 0 Å². The van der Waals surface area contributed by atoms with Crippen LogP contribution in [0.25, 0.3) is 4.85 Å². The molecule has 0 aliphatic carbocycles. The number of aryl methyl sites for hydroxylation is 1. The van der Waals surface area contributed by atoms with Crippen LogP contribution in [0.15, 0.2) is 18.2 Å². The monoisotopic (exact) mass is 232 g/mol. The molecule has 0 aromatic heterocycles. The summed E-state index contributed by atoms with van der Waals surface area (Å²) in [7, 11) is 0. The summed E-state index contributed by atoms with van der Waals surface area (Å²) < 4.78 is 0. The van der Waals surface area contributed by atoms with E-state index < -0.39 is 4.92 Å². The fraction of sp³-hybridized carbons (Fsp3) is 0.125. The quantitative estimate of drug-likeness (QED) is 0.286. The molecule has 76 valence electrons. The minimum atomic E-state index is -0.472. The Labute approximate surface area is 93.7 Å². The maximum Gasteiger partial charge on any atom is 0.267 e. The third-order valence-electron chi connectivity index (χ3n) is 1.51. The van der Waals surface area contributed by atoms with E-state index in [1.54, 1.807) is 6.92 Å². The molecule has 0 heterocycles. The molecule has 0 fully saturated rings. The predicted octanol–water partition coefficient (Wildman–Crippen LogP) is -3.54.